The van der Waals surface area contributed by atoms with Crippen LogP contribution in [0.4, 0.5) is 10.2 Å². The second-order valence-corrected chi connectivity index (χ2v) is 5.96. The van der Waals surface area contributed by atoms with E-state index in [4.69, 9.17) is 0 Å². The summed E-state index contributed by atoms with van der Waals surface area (Å²) in [5.41, 5.74) is 1.21. The van der Waals surface area contributed by atoms with Gasteiger partial charge in [-0.15, -0.1) is 0 Å². The lowest BCUT2D eigenvalue weighted by Gasteiger charge is -2.17. The molecule has 3 rings (SSSR count). The van der Waals surface area contributed by atoms with E-state index in [1.54, 1.807) is 42.4 Å². The van der Waals surface area contributed by atoms with Gasteiger partial charge in [-0.05, 0) is 29.8 Å². The number of amides is 2. The summed E-state index contributed by atoms with van der Waals surface area (Å²) < 4.78 is 13.3. The van der Waals surface area contributed by atoms with Crippen molar-refractivity contribution in [3.05, 3.63) is 59.5 Å². The number of nitrogens with zero attached hydrogens (tertiary/aromatic N) is 2. The summed E-state index contributed by atoms with van der Waals surface area (Å²) >= 11 is 0. The smallest absolute Gasteiger partial charge is 0.251 e. The third-order valence-corrected chi connectivity index (χ3v) is 4.09. The number of rotatable bonds is 5. The highest BCUT2D eigenvalue weighted by Gasteiger charge is 2.30. The SMILES string of the molecule is CNc1cc(C(=O)N[C@@H]2CC(=O)N(Cc3cccc(F)c3)C2)ccn1. The normalized spacial score (nSPS) is 16.8. The van der Waals surface area contributed by atoms with Crippen molar-refractivity contribution in [3.63, 3.8) is 0 Å². The second kappa shape index (κ2) is 7.29. The highest BCUT2D eigenvalue weighted by molar-refractivity contribution is 5.95. The molecule has 1 fully saturated rings. The Hall–Kier alpha value is -2.96. The third-order valence-electron chi connectivity index (χ3n) is 4.09. The molecule has 0 bridgehead atoms. The fourth-order valence-electron chi connectivity index (χ4n) is 2.85. The Morgan fingerprint density at radius 3 is 2.96 bits per heavy atom. The predicted octanol–water partition coefficient (Wildman–Crippen LogP) is 1.79. The van der Waals surface area contributed by atoms with Gasteiger partial charge in [0.25, 0.3) is 5.91 Å². The van der Waals surface area contributed by atoms with Crippen LogP contribution >= 0.6 is 0 Å². The third kappa shape index (κ3) is 4.12. The highest BCUT2D eigenvalue weighted by atomic mass is 19.1. The minimum atomic E-state index is -0.327. The molecule has 25 heavy (non-hydrogen) atoms. The number of hydrogen-bond acceptors (Lipinski definition) is 4. The summed E-state index contributed by atoms with van der Waals surface area (Å²) in [6, 6.07) is 9.18. The lowest BCUT2D eigenvalue weighted by molar-refractivity contribution is -0.128. The van der Waals surface area contributed by atoms with Gasteiger partial charge in [0.05, 0.1) is 6.04 Å². The van der Waals surface area contributed by atoms with Crippen LogP contribution in [-0.4, -0.2) is 41.3 Å². The van der Waals surface area contributed by atoms with Crippen LogP contribution < -0.4 is 10.6 Å². The molecule has 2 N–H and O–H groups in total. The van der Waals surface area contributed by atoms with Crippen LogP contribution in [0.15, 0.2) is 42.6 Å². The van der Waals surface area contributed by atoms with Crippen LogP contribution in [0.2, 0.25) is 0 Å². The highest BCUT2D eigenvalue weighted by Crippen LogP contribution is 2.16. The number of carbonyl (C=O) groups is 2. The van der Waals surface area contributed by atoms with Crippen LogP contribution in [-0.2, 0) is 11.3 Å². The van der Waals surface area contributed by atoms with E-state index in [9.17, 15) is 14.0 Å². The molecule has 7 heteroatoms. The van der Waals surface area contributed by atoms with E-state index in [0.717, 1.165) is 5.56 Å². The van der Waals surface area contributed by atoms with Crippen molar-refractivity contribution in [1.82, 2.24) is 15.2 Å². The lowest BCUT2D eigenvalue weighted by atomic mass is 10.2. The van der Waals surface area contributed by atoms with Gasteiger partial charge < -0.3 is 15.5 Å². The molecular weight excluding hydrogens is 323 g/mol. The maximum absolute atomic E-state index is 13.3. The number of halogens is 1. The minimum absolute atomic E-state index is 0.0554. The molecule has 0 radical (unpaired) electrons. The largest absolute Gasteiger partial charge is 0.373 e. The molecule has 1 aliphatic rings. The molecule has 6 nitrogen and oxygen atoms in total. The van der Waals surface area contributed by atoms with Gasteiger partial charge in [-0.2, -0.15) is 0 Å². The van der Waals surface area contributed by atoms with Gasteiger partial charge >= 0.3 is 0 Å². The predicted molar refractivity (Wildman–Crippen MR) is 91.5 cm³/mol. The fourth-order valence-corrected chi connectivity index (χ4v) is 2.85. The molecule has 1 saturated heterocycles. The average molecular weight is 342 g/mol. The quantitative estimate of drug-likeness (QED) is 0.869. The zero-order valence-electron chi connectivity index (χ0n) is 13.8. The van der Waals surface area contributed by atoms with Crippen molar-refractivity contribution in [2.75, 3.05) is 18.9 Å². The Kier molecular flexibility index (Phi) is 4.92. The molecule has 1 aromatic carbocycles. The molecule has 1 aliphatic heterocycles. The van der Waals surface area contributed by atoms with Gasteiger partial charge in [0.2, 0.25) is 5.91 Å². The number of hydrogen-bond donors (Lipinski definition) is 2. The van der Waals surface area contributed by atoms with E-state index in [-0.39, 0.29) is 30.1 Å². The molecule has 130 valence electrons. The summed E-state index contributed by atoms with van der Waals surface area (Å²) in [7, 11) is 1.73. The van der Waals surface area contributed by atoms with Crippen LogP contribution in [0.25, 0.3) is 0 Å². The standard InChI is InChI=1S/C18H19FN4O2/c1-20-16-8-13(5-6-21-16)18(25)22-15-9-17(24)23(11-15)10-12-3-2-4-14(19)7-12/h2-8,15H,9-11H2,1H3,(H,20,21)(H,22,25)/t15-/m1/s1. The topological polar surface area (TPSA) is 74.3 Å². The van der Waals surface area contributed by atoms with Crippen molar-refractivity contribution >= 4 is 17.6 Å². The Balaban J connectivity index is 1.61. The van der Waals surface area contributed by atoms with E-state index in [1.807, 2.05) is 0 Å². The van der Waals surface area contributed by atoms with Gasteiger partial charge in [-0.1, -0.05) is 12.1 Å². The molecule has 0 unspecified atom stereocenters. The Bertz CT molecular complexity index is 796. The molecular formula is C18H19FN4O2. The average Bonchev–Trinajstić information content (AvgIpc) is 2.94. The lowest BCUT2D eigenvalue weighted by Crippen LogP contribution is -2.37. The van der Waals surface area contributed by atoms with Crippen LogP contribution in [0.3, 0.4) is 0 Å². The van der Waals surface area contributed by atoms with Gasteiger partial charge in [0.15, 0.2) is 0 Å². The van der Waals surface area contributed by atoms with Crippen LogP contribution in [0, 0.1) is 5.82 Å². The number of benzene rings is 1. The molecule has 2 heterocycles. The van der Waals surface area contributed by atoms with E-state index in [2.05, 4.69) is 15.6 Å². The van der Waals surface area contributed by atoms with Crippen LogP contribution in [0.1, 0.15) is 22.3 Å². The van der Waals surface area contributed by atoms with Gasteiger partial charge in [-0.3, -0.25) is 9.59 Å². The molecule has 2 aromatic rings. The first kappa shape index (κ1) is 16.9. The number of carbonyl (C=O) groups excluding carboxylic acids is 2. The minimum Gasteiger partial charge on any atom is -0.373 e. The molecule has 1 atom stereocenters. The van der Waals surface area contributed by atoms with Crippen molar-refractivity contribution in [2.45, 2.75) is 19.0 Å². The summed E-state index contributed by atoms with van der Waals surface area (Å²) in [5, 5.41) is 5.75. The van der Waals surface area contributed by atoms with E-state index >= 15 is 0 Å². The van der Waals surface area contributed by atoms with Crippen molar-refractivity contribution in [1.29, 1.82) is 0 Å². The van der Waals surface area contributed by atoms with Gasteiger partial charge in [0.1, 0.15) is 11.6 Å². The molecule has 0 spiro atoms. The maximum Gasteiger partial charge on any atom is 0.251 e. The zero-order chi connectivity index (χ0) is 17.8. The van der Waals surface area contributed by atoms with Gasteiger partial charge in [0, 0.05) is 38.3 Å². The first-order valence-electron chi connectivity index (χ1n) is 8.02. The number of nitrogens with one attached hydrogen (secondary N) is 2. The molecule has 1 aromatic heterocycles. The number of anilines is 1. The van der Waals surface area contributed by atoms with E-state index in [1.165, 1.54) is 12.1 Å². The first-order chi connectivity index (χ1) is 12.0. The van der Waals surface area contributed by atoms with Crippen LogP contribution in [0.5, 0.6) is 0 Å². The van der Waals surface area contributed by atoms with Crippen molar-refractivity contribution in [3.8, 4) is 0 Å². The number of likely N-dealkylation sites (tertiary alicyclic amines) is 1. The number of aromatic nitrogens is 1. The Morgan fingerprint density at radius 2 is 2.20 bits per heavy atom. The molecule has 0 aliphatic carbocycles. The summed E-state index contributed by atoms with van der Waals surface area (Å²) in [6.45, 7) is 0.743. The number of pyridine rings is 1. The van der Waals surface area contributed by atoms with Crippen molar-refractivity contribution in [2.24, 2.45) is 0 Å². The zero-order valence-corrected chi connectivity index (χ0v) is 13.8. The van der Waals surface area contributed by atoms with Crippen molar-refractivity contribution < 1.29 is 14.0 Å². The van der Waals surface area contributed by atoms with E-state index in [0.29, 0.717) is 24.5 Å². The monoisotopic (exact) mass is 342 g/mol. The first-order valence-corrected chi connectivity index (χ1v) is 8.02. The van der Waals surface area contributed by atoms with E-state index < -0.39 is 0 Å². The maximum atomic E-state index is 13.3. The Labute approximate surface area is 145 Å². The second-order valence-electron chi connectivity index (χ2n) is 5.96. The summed E-state index contributed by atoms with van der Waals surface area (Å²) in [6.07, 6.45) is 1.79. The Morgan fingerprint density at radius 1 is 1.36 bits per heavy atom. The summed E-state index contributed by atoms with van der Waals surface area (Å²) in [5.74, 6) is -0.0283. The fraction of sp³-hybridized carbons (Fsp3) is 0.278. The molecule has 0 saturated carbocycles. The van der Waals surface area contributed by atoms with Gasteiger partial charge in [-0.25, -0.2) is 9.37 Å². The summed E-state index contributed by atoms with van der Waals surface area (Å²) in [4.78, 5) is 30.2. The molecule has 2 amide bonds.